The van der Waals surface area contributed by atoms with Crippen LogP contribution in [0.4, 0.5) is 0 Å². The Hall–Kier alpha value is -0.900. The first-order chi connectivity index (χ1) is 9.31. The number of nitrogens with one attached hydrogen (secondary N) is 1. The molecule has 1 unspecified atom stereocenters. The monoisotopic (exact) mass is 262 g/mol. The number of hydrogen-bond acceptors (Lipinski definition) is 3. The summed E-state index contributed by atoms with van der Waals surface area (Å²) in [6, 6.07) is 9.44. The third kappa shape index (κ3) is 4.30. The standard InChI is InChI=1S/C16H26N2O/c1-14(12-17-9-11-19-2)18-10-5-8-15-6-3-4-7-16(15)13-18/h3-4,6-7,14,17H,5,8-13H2,1-2H3. The fourth-order valence-electron chi connectivity index (χ4n) is 2.72. The summed E-state index contributed by atoms with van der Waals surface area (Å²) >= 11 is 0. The van der Waals surface area contributed by atoms with Crippen molar-refractivity contribution in [2.45, 2.75) is 32.4 Å². The molecule has 0 aromatic heterocycles. The fraction of sp³-hybridized carbons (Fsp3) is 0.625. The zero-order chi connectivity index (χ0) is 13.5. The summed E-state index contributed by atoms with van der Waals surface area (Å²) in [5.41, 5.74) is 3.04. The van der Waals surface area contributed by atoms with Gasteiger partial charge in [0.05, 0.1) is 6.61 Å². The highest BCUT2D eigenvalue weighted by molar-refractivity contribution is 5.28. The third-order valence-corrected chi connectivity index (χ3v) is 3.93. The molecule has 0 radical (unpaired) electrons. The van der Waals surface area contributed by atoms with E-state index in [4.69, 9.17) is 4.74 Å². The van der Waals surface area contributed by atoms with Crippen LogP contribution in [-0.4, -0.2) is 44.3 Å². The predicted molar refractivity (Wildman–Crippen MR) is 79.4 cm³/mol. The van der Waals surface area contributed by atoms with Crippen molar-refractivity contribution in [2.24, 2.45) is 0 Å². The van der Waals surface area contributed by atoms with Crippen LogP contribution in [-0.2, 0) is 17.7 Å². The lowest BCUT2D eigenvalue weighted by atomic mass is 10.0. The van der Waals surface area contributed by atoms with Crippen molar-refractivity contribution >= 4 is 0 Å². The second-order valence-electron chi connectivity index (χ2n) is 5.39. The molecule has 0 fully saturated rings. The summed E-state index contributed by atoms with van der Waals surface area (Å²) < 4.78 is 5.06. The molecule has 0 saturated heterocycles. The average Bonchev–Trinajstić information content (AvgIpc) is 2.65. The van der Waals surface area contributed by atoms with E-state index in [1.165, 1.54) is 30.5 Å². The van der Waals surface area contributed by atoms with E-state index in [1.807, 2.05) is 0 Å². The molecule has 0 bridgehead atoms. The van der Waals surface area contributed by atoms with E-state index in [1.54, 1.807) is 7.11 Å². The van der Waals surface area contributed by atoms with E-state index in [9.17, 15) is 0 Å². The van der Waals surface area contributed by atoms with E-state index in [0.29, 0.717) is 6.04 Å². The first-order valence-corrected chi connectivity index (χ1v) is 7.31. The zero-order valence-electron chi connectivity index (χ0n) is 12.2. The highest BCUT2D eigenvalue weighted by Crippen LogP contribution is 2.19. The molecule has 0 saturated carbocycles. The van der Waals surface area contributed by atoms with Gasteiger partial charge in [-0.25, -0.2) is 0 Å². The maximum atomic E-state index is 5.06. The largest absolute Gasteiger partial charge is 0.383 e. The molecule has 0 amide bonds. The summed E-state index contributed by atoms with van der Waals surface area (Å²) in [5, 5.41) is 3.46. The van der Waals surface area contributed by atoms with Gasteiger partial charge in [0.1, 0.15) is 0 Å². The van der Waals surface area contributed by atoms with Crippen molar-refractivity contribution in [3.8, 4) is 0 Å². The molecular formula is C16H26N2O. The van der Waals surface area contributed by atoms with Gasteiger partial charge in [-0.2, -0.15) is 0 Å². The topological polar surface area (TPSA) is 24.5 Å². The molecule has 2 rings (SSSR count). The van der Waals surface area contributed by atoms with E-state index in [-0.39, 0.29) is 0 Å². The molecule has 1 aliphatic rings. The van der Waals surface area contributed by atoms with E-state index >= 15 is 0 Å². The van der Waals surface area contributed by atoms with Crippen LogP contribution in [0.3, 0.4) is 0 Å². The molecule has 19 heavy (non-hydrogen) atoms. The van der Waals surface area contributed by atoms with Crippen molar-refractivity contribution in [3.63, 3.8) is 0 Å². The molecule has 1 atom stereocenters. The Bertz CT molecular complexity index is 381. The van der Waals surface area contributed by atoms with Gasteiger partial charge in [-0.3, -0.25) is 4.90 Å². The summed E-state index contributed by atoms with van der Waals surface area (Å²) in [7, 11) is 1.75. The summed E-state index contributed by atoms with van der Waals surface area (Å²) in [4.78, 5) is 2.59. The minimum Gasteiger partial charge on any atom is -0.383 e. The van der Waals surface area contributed by atoms with Gasteiger partial charge >= 0.3 is 0 Å². The fourth-order valence-corrected chi connectivity index (χ4v) is 2.72. The molecule has 1 heterocycles. The Labute approximate surface area is 116 Å². The molecule has 1 N–H and O–H groups in total. The number of fused-ring (bicyclic) bond motifs is 1. The number of ether oxygens (including phenoxy) is 1. The minimum absolute atomic E-state index is 0.572. The van der Waals surface area contributed by atoms with E-state index in [0.717, 1.165) is 26.2 Å². The molecule has 0 aliphatic carbocycles. The smallest absolute Gasteiger partial charge is 0.0587 e. The normalized spacial score (nSPS) is 17.8. The van der Waals surface area contributed by atoms with Crippen molar-refractivity contribution in [2.75, 3.05) is 33.4 Å². The Balaban J connectivity index is 1.87. The maximum Gasteiger partial charge on any atom is 0.0587 e. The minimum atomic E-state index is 0.572. The molecule has 1 aromatic rings. The van der Waals surface area contributed by atoms with Crippen LogP contribution in [0.2, 0.25) is 0 Å². The first kappa shape index (κ1) is 14.5. The second-order valence-corrected chi connectivity index (χ2v) is 5.39. The Morgan fingerprint density at radius 3 is 2.89 bits per heavy atom. The molecule has 3 nitrogen and oxygen atoms in total. The lowest BCUT2D eigenvalue weighted by Crippen LogP contribution is -2.40. The van der Waals surface area contributed by atoms with Crippen molar-refractivity contribution < 1.29 is 4.74 Å². The quantitative estimate of drug-likeness (QED) is 0.794. The summed E-state index contributed by atoms with van der Waals surface area (Å²) in [6.45, 7) is 7.35. The van der Waals surface area contributed by atoms with Crippen LogP contribution >= 0.6 is 0 Å². The van der Waals surface area contributed by atoms with Crippen LogP contribution in [0.5, 0.6) is 0 Å². The number of hydrogen-bond donors (Lipinski definition) is 1. The second kappa shape index (κ2) is 7.63. The van der Waals surface area contributed by atoms with E-state index < -0.39 is 0 Å². The maximum absolute atomic E-state index is 5.06. The zero-order valence-corrected chi connectivity index (χ0v) is 12.2. The van der Waals surface area contributed by atoms with E-state index in [2.05, 4.69) is 41.4 Å². The molecule has 1 aliphatic heterocycles. The van der Waals surface area contributed by atoms with Gasteiger partial charge in [-0.15, -0.1) is 0 Å². The van der Waals surface area contributed by atoms with Crippen LogP contribution in [0.15, 0.2) is 24.3 Å². The average molecular weight is 262 g/mol. The number of methoxy groups -OCH3 is 1. The Morgan fingerprint density at radius 1 is 1.32 bits per heavy atom. The lowest BCUT2D eigenvalue weighted by molar-refractivity contribution is 0.179. The molecule has 0 spiro atoms. The number of rotatable bonds is 6. The number of benzene rings is 1. The lowest BCUT2D eigenvalue weighted by Gasteiger charge is -2.28. The van der Waals surface area contributed by atoms with Crippen LogP contribution in [0.25, 0.3) is 0 Å². The number of nitrogens with zero attached hydrogens (tertiary/aromatic N) is 1. The predicted octanol–water partition coefficient (Wildman–Crippen LogP) is 2.06. The van der Waals surface area contributed by atoms with Crippen molar-refractivity contribution in [1.29, 1.82) is 0 Å². The Morgan fingerprint density at radius 2 is 2.11 bits per heavy atom. The van der Waals surface area contributed by atoms with Gasteiger partial charge in [-0.05, 0) is 37.4 Å². The van der Waals surface area contributed by atoms with Crippen LogP contribution in [0.1, 0.15) is 24.5 Å². The van der Waals surface area contributed by atoms with Crippen LogP contribution < -0.4 is 5.32 Å². The third-order valence-electron chi connectivity index (χ3n) is 3.93. The molecule has 106 valence electrons. The number of aryl methyl sites for hydroxylation is 1. The van der Waals surface area contributed by atoms with Gasteiger partial charge in [0.2, 0.25) is 0 Å². The summed E-state index contributed by atoms with van der Waals surface area (Å²) in [6.07, 6.45) is 2.48. The SMILES string of the molecule is COCCNCC(C)N1CCCc2ccccc2C1. The molecule has 3 heteroatoms. The van der Waals surface area contributed by atoms with Gasteiger partial charge in [0, 0.05) is 32.8 Å². The Kier molecular flexibility index (Phi) is 5.83. The van der Waals surface area contributed by atoms with Gasteiger partial charge in [-0.1, -0.05) is 24.3 Å². The van der Waals surface area contributed by atoms with Gasteiger partial charge in [0.25, 0.3) is 0 Å². The van der Waals surface area contributed by atoms with Crippen molar-refractivity contribution in [3.05, 3.63) is 35.4 Å². The first-order valence-electron chi connectivity index (χ1n) is 7.31. The van der Waals surface area contributed by atoms with Crippen LogP contribution in [0, 0.1) is 0 Å². The van der Waals surface area contributed by atoms with Gasteiger partial charge in [0.15, 0.2) is 0 Å². The van der Waals surface area contributed by atoms with Gasteiger partial charge < -0.3 is 10.1 Å². The molecular weight excluding hydrogens is 236 g/mol. The highest BCUT2D eigenvalue weighted by atomic mass is 16.5. The van der Waals surface area contributed by atoms with Crippen molar-refractivity contribution in [1.82, 2.24) is 10.2 Å². The molecule has 1 aromatic carbocycles. The highest BCUT2D eigenvalue weighted by Gasteiger charge is 2.18. The summed E-state index contributed by atoms with van der Waals surface area (Å²) in [5.74, 6) is 0.